The summed E-state index contributed by atoms with van der Waals surface area (Å²) in [6, 6.07) is 9.40. The first-order chi connectivity index (χ1) is 11.7. The van der Waals surface area contributed by atoms with E-state index < -0.39 is 11.6 Å². The van der Waals surface area contributed by atoms with Crippen LogP contribution < -0.4 is 5.32 Å². The van der Waals surface area contributed by atoms with Gasteiger partial charge in [0.25, 0.3) is 5.91 Å². The molecule has 0 aliphatic heterocycles. The quantitative estimate of drug-likeness (QED) is 0.820. The van der Waals surface area contributed by atoms with E-state index in [-0.39, 0.29) is 29.2 Å². The number of carbonyl (C=O) groups is 2. The van der Waals surface area contributed by atoms with E-state index in [9.17, 15) is 14.7 Å². The van der Waals surface area contributed by atoms with Gasteiger partial charge in [0.05, 0.1) is 4.88 Å². The highest BCUT2D eigenvalue weighted by atomic mass is 35.5. The Kier molecular flexibility index (Phi) is 6.02. The number of aromatic nitrogens is 1. The maximum Gasteiger partial charge on any atom is 0.407 e. The molecule has 1 heterocycles. The summed E-state index contributed by atoms with van der Waals surface area (Å²) in [6.07, 6.45) is -1.02. The fraction of sp³-hybridized carbons (Fsp3) is 0.353. The molecule has 0 saturated heterocycles. The molecule has 1 aromatic heterocycles. The van der Waals surface area contributed by atoms with Crippen LogP contribution in [0.5, 0.6) is 0 Å². The number of thiazole rings is 1. The van der Waals surface area contributed by atoms with E-state index in [4.69, 9.17) is 11.6 Å². The molecule has 0 fully saturated rings. The van der Waals surface area contributed by atoms with Crippen LogP contribution in [0.15, 0.2) is 30.3 Å². The van der Waals surface area contributed by atoms with Crippen molar-refractivity contribution in [2.45, 2.75) is 26.3 Å². The molecule has 134 valence electrons. The van der Waals surface area contributed by atoms with Gasteiger partial charge in [-0.2, -0.15) is 0 Å². The van der Waals surface area contributed by atoms with Gasteiger partial charge in [0.2, 0.25) is 0 Å². The minimum atomic E-state index is -1.02. The standard InChI is InChI=1S/C17H20ClN3O3S/c1-17(2,3)21(16(23)24)10-9-19-14(22)12-13(25-15(18)20-12)11-7-5-4-6-8-11/h4-8H,9-10H2,1-3H3,(H,19,22)(H,23,24). The van der Waals surface area contributed by atoms with Gasteiger partial charge in [-0.3, -0.25) is 4.79 Å². The molecule has 0 bridgehead atoms. The van der Waals surface area contributed by atoms with Crippen LogP contribution in [0.25, 0.3) is 10.4 Å². The van der Waals surface area contributed by atoms with Crippen molar-refractivity contribution in [2.75, 3.05) is 13.1 Å². The Bertz CT molecular complexity index is 756. The third-order valence-corrected chi connectivity index (χ3v) is 4.72. The molecular weight excluding hydrogens is 362 g/mol. The van der Waals surface area contributed by atoms with Gasteiger partial charge in [-0.05, 0) is 26.3 Å². The highest BCUT2D eigenvalue weighted by Gasteiger charge is 2.26. The lowest BCUT2D eigenvalue weighted by Gasteiger charge is -2.33. The summed E-state index contributed by atoms with van der Waals surface area (Å²) in [4.78, 5) is 29.9. The maximum absolute atomic E-state index is 12.5. The lowest BCUT2D eigenvalue weighted by Crippen LogP contribution is -2.48. The number of amides is 2. The van der Waals surface area contributed by atoms with Crippen molar-refractivity contribution < 1.29 is 14.7 Å². The molecule has 2 aromatic rings. The van der Waals surface area contributed by atoms with E-state index in [0.29, 0.717) is 4.88 Å². The number of carboxylic acid groups (broad SMARTS) is 1. The molecule has 0 spiro atoms. The van der Waals surface area contributed by atoms with Gasteiger partial charge in [0.15, 0.2) is 4.47 Å². The highest BCUT2D eigenvalue weighted by molar-refractivity contribution is 7.19. The molecule has 0 unspecified atom stereocenters. The molecule has 0 saturated carbocycles. The van der Waals surface area contributed by atoms with Crippen LogP contribution in [0.4, 0.5) is 4.79 Å². The van der Waals surface area contributed by atoms with Crippen LogP contribution in [-0.4, -0.2) is 45.6 Å². The number of rotatable bonds is 5. The second-order valence-corrected chi connectivity index (χ2v) is 7.95. The summed E-state index contributed by atoms with van der Waals surface area (Å²) >= 11 is 7.22. The fourth-order valence-electron chi connectivity index (χ4n) is 2.32. The summed E-state index contributed by atoms with van der Waals surface area (Å²) in [5.74, 6) is -0.374. The van der Waals surface area contributed by atoms with Gasteiger partial charge < -0.3 is 15.3 Å². The molecule has 25 heavy (non-hydrogen) atoms. The average Bonchev–Trinajstić information content (AvgIpc) is 2.92. The van der Waals surface area contributed by atoms with Crippen LogP contribution in [0, 0.1) is 0 Å². The zero-order valence-electron chi connectivity index (χ0n) is 14.2. The van der Waals surface area contributed by atoms with Gasteiger partial charge >= 0.3 is 6.09 Å². The lowest BCUT2D eigenvalue weighted by atomic mass is 10.1. The number of nitrogens with one attached hydrogen (secondary N) is 1. The Morgan fingerprint density at radius 2 is 1.92 bits per heavy atom. The van der Waals surface area contributed by atoms with Crippen LogP contribution in [-0.2, 0) is 0 Å². The van der Waals surface area contributed by atoms with E-state index in [0.717, 1.165) is 5.56 Å². The van der Waals surface area contributed by atoms with Crippen molar-refractivity contribution in [3.63, 3.8) is 0 Å². The Morgan fingerprint density at radius 3 is 2.48 bits per heavy atom. The minimum Gasteiger partial charge on any atom is -0.465 e. The van der Waals surface area contributed by atoms with Crippen molar-refractivity contribution in [3.8, 4) is 10.4 Å². The number of hydrogen-bond donors (Lipinski definition) is 2. The number of carbonyl (C=O) groups excluding carboxylic acids is 1. The van der Waals surface area contributed by atoms with Crippen LogP contribution >= 0.6 is 22.9 Å². The summed E-state index contributed by atoms with van der Waals surface area (Å²) in [5.41, 5.74) is 0.563. The van der Waals surface area contributed by atoms with Crippen molar-refractivity contribution in [3.05, 3.63) is 40.5 Å². The van der Waals surface area contributed by atoms with Gasteiger partial charge in [-0.1, -0.05) is 41.9 Å². The molecule has 6 nitrogen and oxygen atoms in total. The Morgan fingerprint density at radius 1 is 1.28 bits per heavy atom. The normalized spacial score (nSPS) is 11.2. The van der Waals surface area contributed by atoms with Gasteiger partial charge in [-0.25, -0.2) is 9.78 Å². The number of hydrogen-bond acceptors (Lipinski definition) is 4. The van der Waals surface area contributed by atoms with Crippen molar-refractivity contribution in [2.24, 2.45) is 0 Å². The third-order valence-electron chi connectivity index (χ3n) is 3.51. The van der Waals surface area contributed by atoms with Gasteiger partial charge in [0, 0.05) is 18.6 Å². The van der Waals surface area contributed by atoms with Gasteiger partial charge in [-0.15, -0.1) is 11.3 Å². The van der Waals surface area contributed by atoms with E-state index >= 15 is 0 Å². The first-order valence-electron chi connectivity index (χ1n) is 7.70. The molecule has 0 aliphatic carbocycles. The second-order valence-electron chi connectivity index (χ2n) is 6.37. The zero-order valence-corrected chi connectivity index (χ0v) is 15.8. The largest absolute Gasteiger partial charge is 0.465 e. The zero-order chi connectivity index (χ0) is 18.6. The molecule has 2 N–H and O–H groups in total. The second kappa shape index (κ2) is 7.84. The smallest absolute Gasteiger partial charge is 0.407 e. The van der Waals surface area contributed by atoms with E-state index in [1.807, 2.05) is 30.3 Å². The molecule has 8 heteroatoms. The summed E-state index contributed by atoms with van der Waals surface area (Å²) in [7, 11) is 0. The molecular formula is C17H20ClN3O3S. The van der Waals surface area contributed by atoms with Crippen molar-refractivity contribution in [1.29, 1.82) is 0 Å². The predicted octanol–water partition coefficient (Wildman–Crippen LogP) is 3.97. The minimum absolute atomic E-state index is 0.184. The monoisotopic (exact) mass is 381 g/mol. The van der Waals surface area contributed by atoms with Crippen molar-refractivity contribution >= 4 is 34.9 Å². The molecule has 2 rings (SSSR count). The third kappa shape index (κ3) is 4.93. The number of halogens is 1. The Labute approximate surface area is 155 Å². The first-order valence-corrected chi connectivity index (χ1v) is 8.90. The molecule has 2 amide bonds. The number of benzene rings is 1. The van der Waals surface area contributed by atoms with Crippen LogP contribution in [0.3, 0.4) is 0 Å². The fourth-order valence-corrected chi connectivity index (χ4v) is 3.43. The molecule has 0 atom stereocenters. The Balaban J connectivity index is 2.08. The average molecular weight is 382 g/mol. The Hall–Kier alpha value is -2.12. The molecule has 0 aliphatic rings. The summed E-state index contributed by atoms with van der Waals surface area (Å²) in [6.45, 7) is 5.78. The summed E-state index contributed by atoms with van der Waals surface area (Å²) < 4.78 is 0.283. The molecule has 1 aromatic carbocycles. The van der Waals surface area contributed by atoms with Crippen LogP contribution in [0.2, 0.25) is 4.47 Å². The topological polar surface area (TPSA) is 82.5 Å². The maximum atomic E-state index is 12.5. The van der Waals surface area contributed by atoms with E-state index in [1.165, 1.54) is 16.2 Å². The SMILES string of the molecule is CC(C)(C)N(CCNC(=O)c1nc(Cl)sc1-c1ccccc1)C(=O)O. The number of nitrogens with zero attached hydrogens (tertiary/aromatic N) is 2. The van der Waals surface area contributed by atoms with E-state index in [2.05, 4.69) is 10.3 Å². The van der Waals surface area contributed by atoms with Crippen LogP contribution in [0.1, 0.15) is 31.3 Å². The highest BCUT2D eigenvalue weighted by Crippen LogP contribution is 2.32. The predicted molar refractivity (Wildman–Crippen MR) is 99.4 cm³/mol. The molecule has 0 radical (unpaired) electrons. The summed E-state index contributed by atoms with van der Waals surface area (Å²) in [5, 5.41) is 12.0. The van der Waals surface area contributed by atoms with E-state index in [1.54, 1.807) is 20.8 Å². The van der Waals surface area contributed by atoms with Gasteiger partial charge in [0.1, 0.15) is 5.69 Å². The first kappa shape index (κ1) is 19.2. The van der Waals surface area contributed by atoms with Crippen molar-refractivity contribution in [1.82, 2.24) is 15.2 Å². The lowest BCUT2D eigenvalue weighted by molar-refractivity contribution is 0.0889.